The molecule has 2 unspecified atom stereocenters. The van der Waals surface area contributed by atoms with Gasteiger partial charge >= 0.3 is 0 Å². The monoisotopic (exact) mass is 322 g/mol. The van der Waals surface area contributed by atoms with Crippen molar-refractivity contribution in [2.75, 3.05) is 0 Å². The lowest BCUT2D eigenvalue weighted by Crippen LogP contribution is -2.10. The van der Waals surface area contributed by atoms with Gasteiger partial charge in [0, 0.05) is 0 Å². The Kier molecular flexibility index (Phi) is 6.66. The van der Waals surface area contributed by atoms with Gasteiger partial charge in [0.1, 0.15) is 0 Å². The summed E-state index contributed by atoms with van der Waals surface area (Å²) in [7, 11) is 0. The average molecular weight is 323 g/mol. The van der Waals surface area contributed by atoms with Gasteiger partial charge in [-0.2, -0.15) is 0 Å². The fourth-order valence-electron chi connectivity index (χ4n) is 3.62. The molecule has 0 aliphatic heterocycles. The summed E-state index contributed by atoms with van der Waals surface area (Å²) in [6.07, 6.45) is 4.99. The number of hydrogen-bond donors (Lipinski definition) is 0. The molecule has 2 rings (SSSR count). The van der Waals surface area contributed by atoms with Crippen molar-refractivity contribution in [3.63, 3.8) is 0 Å². The lowest BCUT2D eigenvalue weighted by Gasteiger charge is -2.23. The molecule has 0 amide bonds. The summed E-state index contributed by atoms with van der Waals surface area (Å²) in [5, 5.41) is 0. The average Bonchev–Trinajstić information content (AvgIpc) is 2.57. The van der Waals surface area contributed by atoms with E-state index in [0.717, 1.165) is 5.92 Å². The number of hydrogen-bond acceptors (Lipinski definition) is 0. The summed E-state index contributed by atoms with van der Waals surface area (Å²) < 4.78 is 0. The van der Waals surface area contributed by atoms with E-state index >= 15 is 0 Å². The van der Waals surface area contributed by atoms with E-state index in [4.69, 9.17) is 0 Å². The van der Waals surface area contributed by atoms with Crippen LogP contribution in [0.4, 0.5) is 0 Å². The largest absolute Gasteiger partial charge is 0.0651 e. The normalized spacial score (nSPS) is 13.8. The Balaban J connectivity index is 2.11. The third-order valence-corrected chi connectivity index (χ3v) is 5.79. The molecule has 0 aliphatic carbocycles. The lowest BCUT2D eigenvalue weighted by atomic mass is 9.82. The molecule has 0 saturated heterocycles. The van der Waals surface area contributed by atoms with Crippen LogP contribution in [-0.2, 0) is 6.42 Å². The summed E-state index contributed by atoms with van der Waals surface area (Å²) in [5.41, 5.74) is 8.67. The minimum Gasteiger partial charge on any atom is -0.0651 e. The second kappa shape index (κ2) is 8.51. The van der Waals surface area contributed by atoms with E-state index in [1.54, 1.807) is 0 Å². The molecule has 0 fully saturated rings. The first kappa shape index (κ1) is 18.8. The van der Waals surface area contributed by atoms with Crippen LogP contribution >= 0.6 is 0 Å². The quantitative estimate of drug-likeness (QED) is 0.511. The lowest BCUT2D eigenvalue weighted by molar-refractivity contribution is 0.412. The topological polar surface area (TPSA) is 0 Å². The molecule has 2 aromatic rings. The Morgan fingerprint density at radius 1 is 0.708 bits per heavy atom. The molecular formula is C24H34. The first-order chi connectivity index (χ1) is 11.4. The van der Waals surface area contributed by atoms with Crippen LogP contribution in [-0.4, -0.2) is 0 Å². The van der Waals surface area contributed by atoms with Gasteiger partial charge in [-0.15, -0.1) is 0 Å². The van der Waals surface area contributed by atoms with Crippen LogP contribution in [0.2, 0.25) is 0 Å². The van der Waals surface area contributed by atoms with Gasteiger partial charge in [0.05, 0.1) is 0 Å². The van der Waals surface area contributed by atoms with E-state index in [0.29, 0.717) is 5.92 Å². The van der Waals surface area contributed by atoms with Crippen molar-refractivity contribution in [1.82, 2.24) is 0 Å². The highest BCUT2D eigenvalue weighted by molar-refractivity contribution is 5.32. The second-order valence-electron chi connectivity index (χ2n) is 7.58. The van der Waals surface area contributed by atoms with Crippen molar-refractivity contribution in [2.24, 2.45) is 5.92 Å². The summed E-state index contributed by atoms with van der Waals surface area (Å²) in [6, 6.07) is 14.0. The minimum atomic E-state index is 0.681. The van der Waals surface area contributed by atoms with Crippen LogP contribution in [0.1, 0.15) is 72.4 Å². The van der Waals surface area contributed by atoms with Crippen LogP contribution in [0, 0.1) is 33.6 Å². The van der Waals surface area contributed by atoms with Crippen molar-refractivity contribution < 1.29 is 0 Å². The highest BCUT2D eigenvalue weighted by atomic mass is 14.2. The van der Waals surface area contributed by atoms with Gasteiger partial charge in [-0.3, -0.25) is 0 Å². The molecule has 0 N–H and O–H groups in total. The van der Waals surface area contributed by atoms with Gasteiger partial charge < -0.3 is 0 Å². The molecule has 0 saturated carbocycles. The van der Waals surface area contributed by atoms with Gasteiger partial charge in [-0.25, -0.2) is 0 Å². The van der Waals surface area contributed by atoms with Gasteiger partial charge in [0.15, 0.2) is 0 Å². The maximum atomic E-state index is 2.41. The van der Waals surface area contributed by atoms with Crippen molar-refractivity contribution in [2.45, 2.75) is 73.1 Å². The minimum absolute atomic E-state index is 0.681. The Bertz CT molecular complexity index is 666. The number of aryl methyl sites for hydroxylation is 4. The van der Waals surface area contributed by atoms with Gasteiger partial charge in [-0.05, 0) is 92.2 Å². The molecule has 130 valence electrons. The van der Waals surface area contributed by atoms with Gasteiger partial charge in [0.25, 0.3) is 0 Å². The van der Waals surface area contributed by atoms with E-state index < -0.39 is 0 Å². The highest BCUT2D eigenvalue weighted by Crippen LogP contribution is 2.31. The molecule has 0 nitrogen and oxygen atoms in total. The molecule has 0 spiro atoms. The van der Waals surface area contributed by atoms with Gasteiger partial charge in [0.2, 0.25) is 0 Å². The second-order valence-corrected chi connectivity index (χ2v) is 7.58. The van der Waals surface area contributed by atoms with Crippen LogP contribution in [0.15, 0.2) is 36.4 Å². The van der Waals surface area contributed by atoms with Crippen LogP contribution in [0.5, 0.6) is 0 Å². The number of rotatable bonds is 7. The van der Waals surface area contributed by atoms with Crippen LogP contribution < -0.4 is 0 Å². The van der Waals surface area contributed by atoms with Crippen LogP contribution in [0.25, 0.3) is 0 Å². The summed E-state index contributed by atoms with van der Waals surface area (Å²) >= 11 is 0. The van der Waals surface area contributed by atoms with Crippen molar-refractivity contribution in [3.8, 4) is 0 Å². The summed E-state index contributed by atoms with van der Waals surface area (Å²) in [6.45, 7) is 13.5. The summed E-state index contributed by atoms with van der Waals surface area (Å²) in [5.74, 6) is 1.44. The zero-order valence-corrected chi connectivity index (χ0v) is 16.4. The Labute approximate surface area is 149 Å². The van der Waals surface area contributed by atoms with E-state index in [1.807, 2.05) is 0 Å². The standard InChI is InChI=1S/C24H34/c1-7-21(15-22-11-9-17(3)19(5)13-22)16-23(8-2)24-12-10-18(4)20(6)14-24/h9-14,21,23H,7-8,15-16H2,1-6H3. The van der Waals surface area contributed by atoms with E-state index in [-0.39, 0.29) is 0 Å². The van der Waals surface area contributed by atoms with Crippen LogP contribution in [0.3, 0.4) is 0 Å². The Morgan fingerprint density at radius 3 is 1.88 bits per heavy atom. The zero-order chi connectivity index (χ0) is 17.7. The molecule has 2 aromatic carbocycles. The van der Waals surface area contributed by atoms with E-state index in [9.17, 15) is 0 Å². The maximum absolute atomic E-state index is 2.41. The Hall–Kier alpha value is -1.56. The first-order valence-corrected chi connectivity index (χ1v) is 9.57. The van der Waals surface area contributed by atoms with E-state index in [2.05, 4.69) is 77.9 Å². The van der Waals surface area contributed by atoms with E-state index in [1.165, 1.54) is 59.1 Å². The zero-order valence-electron chi connectivity index (χ0n) is 16.4. The summed E-state index contributed by atoms with van der Waals surface area (Å²) in [4.78, 5) is 0. The molecule has 0 aliphatic rings. The van der Waals surface area contributed by atoms with Crippen molar-refractivity contribution >= 4 is 0 Å². The third-order valence-electron chi connectivity index (χ3n) is 5.79. The molecule has 0 heteroatoms. The van der Waals surface area contributed by atoms with Gasteiger partial charge in [-0.1, -0.05) is 56.7 Å². The predicted molar refractivity (Wildman–Crippen MR) is 107 cm³/mol. The van der Waals surface area contributed by atoms with Crippen molar-refractivity contribution in [1.29, 1.82) is 0 Å². The maximum Gasteiger partial charge on any atom is -0.0162 e. The molecule has 0 bridgehead atoms. The Morgan fingerprint density at radius 2 is 1.33 bits per heavy atom. The molecule has 2 atom stereocenters. The molecule has 0 aromatic heterocycles. The fourth-order valence-corrected chi connectivity index (χ4v) is 3.62. The first-order valence-electron chi connectivity index (χ1n) is 9.57. The molecule has 0 heterocycles. The van der Waals surface area contributed by atoms with Crippen molar-refractivity contribution in [3.05, 3.63) is 69.8 Å². The molecule has 24 heavy (non-hydrogen) atoms. The molecule has 0 radical (unpaired) electrons. The fraction of sp³-hybridized carbons (Fsp3) is 0.500. The smallest absolute Gasteiger partial charge is 0.0162 e. The predicted octanol–water partition coefficient (Wildman–Crippen LogP) is 7.07. The SMILES string of the molecule is CCC(Cc1ccc(C)c(C)c1)CC(CC)c1ccc(C)c(C)c1. The molecular weight excluding hydrogens is 288 g/mol. The highest BCUT2D eigenvalue weighted by Gasteiger charge is 2.17. The third kappa shape index (κ3) is 4.72. The number of benzene rings is 2.